The molecule has 2 heterocycles. The van der Waals surface area contributed by atoms with E-state index >= 15 is 0 Å². The molecule has 0 spiro atoms. The zero-order valence-corrected chi connectivity index (χ0v) is 15.8. The number of rotatable bonds is 6. The Bertz CT molecular complexity index is 1140. The number of amides is 2. The van der Waals surface area contributed by atoms with E-state index in [1.165, 1.54) is 0 Å². The van der Waals surface area contributed by atoms with Gasteiger partial charge in [-0.3, -0.25) is 25.5 Å². The van der Waals surface area contributed by atoms with Gasteiger partial charge in [0.1, 0.15) is 5.69 Å². The van der Waals surface area contributed by atoms with Crippen LogP contribution in [-0.2, 0) is 11.2 Å². The van der Waals surface area contributed by atoms with Crippen molar-refractivity contribution in [3.63, 3.8) is 0 Å². The van der Waals surface area contributed by atoms with E-state index in [4.69, 9.17) is 4.42 Å². The maximum absolute atomic E-state index is 12.2. The average Bonchev–Trinajstić information content (AvgIpc) is 3.47. The minimum absolute atomic E-state index is 0.0783. The molecule has 9 nitrogen and oxygen atoms in total. The predicted molar refractivity (Wildman–Crippen MR) is 108 cm³/mol. The van der Waals surface area contributed by atoms with Gasteiger partial charge in [-0.2, -0.15) is 5.10 Å². The van der Waals surface area contributed by atoms with Gasteiger partial charge in [-0.15, -0.1) is 10.2 Å². The van der Waals surface area contributed by atoms with Gasteiger partial charge < -0.3 is 4.42 Å². The highest BCUT2D eigenvalue weighted by atomic mass is 16.4. The van der Waals surface area contributed by atoms with Crippen molar-refractivity contribution in [3.05, 3.63) is 78.3 Å². The number of carbonyl (C=O) groups excluding carboxylic acids is 2. The minimum atomic E-state index is -0.498. The molecule has 0 aliphatic carbocycles. The monoisotopic (exact) mass is 402 g/mol. The molecule has 0 radical (unpaired) electrons. The van der Waals surface area contributed by atoms with E-state index in [1.807, 2.05) is 60.7 Å². The highest BCUT2D eigenvalue weighted by molar-refractivity contribution is 5.94. The van der Waals surface area contributed by atoms with E-state index in [-0.39, 0.29) is 24.4 Å². The van der Waals surface area contributed by atoms with Crippen molar-refractivity contribution in [1.29, 1.82) is 0 Å². The number of carbonyl (C=O) groups is 2. The normalized spacial score (nSPS) is 10.5. The Morgan fingerprint density at radius 3 is 2.33 bits per heavy atom. The third-order valence-corrected chi connectivity index (χ3v) is 4.26. The van der Waals surface area contributed by atoms with Gasteiger partial charge in [0.2, 0.25) is 17.7 Å². The molecule has 0 aliphatic rings. The van der Waals surface area contributed by atoms with Crippen LogP contribution in [0.3, 0.4) is 0 Å². The number of nitrogens with zero attached hydrogens (tertiary/aromatic N) is 3. The predicted octanol–water partition coefficient (Wildman–Crippen LogP) is 2.52. The molecule has 4 aromatic rings. The summed E-state index contributed by atoms with van der Waals surface area (Å²) in [4.78, 5) is 24.2. The summed E-state index contributed by atoms with van der Waals surface area (Å²) in [5, 5.41) is 14.7. The molecule has 0 saturated heterocycles. The molecule has 0 atom stereocenters. The first-order chi connectivity index (χ1) is 14.7. The Morgan fingerprint density at radius 1 is 0.900 bits per heavy atom. The van der Waals surface area contributed by atoms with E-state index in [2.05, 4.69) is 31.2 Å². The Hall–Kier alpha value is -4.27. The number of benzene rings is 2. The van der Waals surface area contributed by atoms with E-state index in [9.17, 15) is 9.59 Å². The molecule has 0 saturated carbocycles. The van der Waals surface area contributed by atoms with Gasteiger partial charge in [0.15, 0.2) is 0 Å². The van der Waals surface area contributed by atoms with Crippen LogP contribution in [0.4, 0.5) is 0 Å². The number of nitrogens with one attached hydrogen (secondary N) is 3. The molecule has 2 aromatic carbocycles. The topological polar surface area (TPSA) is 126 Å². The van der Waals surface area contributed by atoms with Crippen LogP contribution in [0.2, 0.25) is 0 Å². The Labute approximate surface area is 171 Å². The van der Waals surface area contributed by atoms with E-state index in [0.717, 1.165) is 11.1 Å². The van der Waals surface area contributed by atoms with Crippen molar-refractivity contribution >= 4 is 11.8 Å². The molecule has 2 aromatic heterocycles. The summed E-state index contributed by atoms with van der Waals surface area (Å²) in [7, 11) is 0. The number of aryl methyl sites for hydroxylation is 1. The summed E-state index contributed by atoms with van der Waals surface area (Å²) in [6, 6.07) is 20.4. The van der Waals surface area contributed by atoms with Gasteiger partial charge in [-0.25, -0.2) is 0 Å². The number of hydrogen-bond donors (Lipinski definition) is 3. The first-order valence-electron chi connectivity index (χ1n) is 9.27. The number of H-pyrrole nitrogens is 1. The maximum atomic E-state index is 12.2. The smallest absolute Gasteiger partial charge is 0.287 e. The van der Waals surface area contributed by atoms with Crippen LogP contribution in [0.25, 0.3) is 22.7 Å². The van der Waals surface area contributed by atoms with Crippen molar-refractivity contribution in [2.45, 2.75) is 12.8 Å². The van der Waals surface area contributed by atoms with Crippen LogP contribution < -0.4 is 10.9 Å². The summed E-state index contributed by atoms with van der Waals surface area (Å²) in [5.41, 5.74) is 7.28. The molecule has 0 unspecified atom stereocenters. The van der Waals surface area contributed by atoms with Crippen LogP contribution in [0.15, 0.2) is 71.1 Å². The van der Waals surface area contributed by atoms with Crippen molar-refractivity contribution < 1.29 is 14.0 Å². The first kappa shape index (κ1) is 19.1. The second kappa shape index (κ2) is 8.82. The second-order valence-electron chi connectivity index (χ2n) is 6.40. The zero-order valence-electron chi connectivity index (χ0n) is 15.8. The molecule has 0 aliphatic heterocycles. The van der Waals surface area contributed by atoms with Crippen molar-refractivity contribution in [2.75, 3.05) is 0 Å². The lowest BCUT2D eigenvalue weighted by Crippen LogP contribution is -2.41. The summed E-state index contributed by atoms with van der Waals surface area (Å²) in [5.74, 6) is -0.142. The van der Waals surface area contributed by atoms with Gasteiger partial charge in [0, 0.05) is 24.0 Å². The number of aromatic amines is 1. The average molecular weight is 402 g/mol. The molecular formula is C21H18N6O3. The fraction of sp³-hybridized carbons (Fsp3) is 0.0952. The molecule has 3 N–H and O–H groups in total. The van der Waals surface area contributed by atoms with E-state index < -0.39 is 5.91 Å². The van der Waals surface area contributed by atoms with Crippen LogP contribution in [-0.4, -0.2) is 32.2 Å². The van der Waals surface area contributed by atoms with E-state index in [0.29, 0.717) is 17.5 Å². The number of hydrogen-bond acceptors (Lipinski definition) is 6. The fourth-order valence-corrected chi connectivity index (χ4v) is 2.72. The highest BCUT2D eigenvalue weighted by Gasteiger charge is 2.13. The van der Waals surface area contributed by atoms with Crippen LogP contribution >= 0.6 is 0 Å². The Balaban J connectivity index is 1.26. The van der Waals surface area contributed by atoms with Crippen LogP contribution in [0, 0.1) is 0 Å². The van der Waals surface area contributed by atoms with Crippen molar-refractivity contribution in [1.82, 2.24) is 31.2 Å². The highest BCUT2D eigenvalue weighted by Crippen LogP contribution is 2.18. The van der Waals surface area contributed by atoms with Crippen LogP contribution in [0.1, 0.15) is 22.8 Å². The largest absolute Gasteiger partial charge is 0.421 e. The van der Waals surface area contributed by atoms with Crippen molar-refractivity contribution in [3.8, 4) is 22.7 Å². The third kappa shape index (κ3) is 4.58. The van der Waals surface area contributed by atoms with Gasteiger partial charge in [-0.05, 0) is 18.2 Å². The molecule has 30 heavy (non-hydrogen) atoms. The maximum Gasteiger partial charge on any atom is 0.287 e. The number of aromatic nitrogens is 4. The lowest BCUT2D eigenvalue weighted by atomic mass is 10.1. The molecule has 4 rings (SSSR count). The molecule has 9 heteroatoms. The third-order valence-electron chi connectivity index (χ3n) is 4.26. The van der Waals surface area contributed by atoms with E-state index in [1.54, 1.807) is 6.07 Å². The first-order valence-corrected chi connectivity index (χ1v) is 9.27. The van der Waals surface area contributed by atoms with Gasteiger partial charge in [0.25, 0.3) is 5.91 Å². The quantitative estimate of drug-likeness (QED) is 0.426. The summed E-state index contributed by atoms with van der Waals surface area (Å²) in [6.07, 6.45) is 0.332. The summed E-state index contributed by atoms with van der Waals surface area (Å²) in [6.45, 7) is 0. The van der Waals surface area contributed by atoms with Crippen molar-refractivity contribution in [2.24, 2.45) is 0 Å². The SMILES string of the molecule is O=C(CCc1nnc(-c2ccccc2)o1)NNC(=O)c1cc(-c2ccccc2)n[nH]1. The van der Waals surface area contributed by atoms with Crippen LogP contribution in [0.5, 0.6) is 0 Å². The fourth-order valence-electron chi connectivity index (χ4n) is 2.72. The standard InChI is InChI=1S/C21H18N6O3/c28-18(11-12-19-25-27-21(30-19)15-9-5-2-6-10-15)24-26-20(29)17-13-16(22-23-17)14-7-3-1-4-8-14/h1-10,13H,11-12H2,(H,22,23)(H,24,28)(H,26,29). The Kier molecular flexibility index (Phi) is 5.61. The lowest BCUT2D eigenvalue weighted by Gasteiger charge is -2.04. The van der Waals surface area contributed by atoms with Gasteiger partial charge in [-0.1, -0.05) is 48.5 Å². The molecule has 0 fully saturated rings. The molecular weight excluding hydrogens is 384 g/mol. The minimum Gasteiger partial charge on any atom is -0.421 e. The van der Waals surface area contributed by atoms with Gasteiger partial charge >= 0.3 is 0 Å². The zero-order chi connectivity index (χ0) is 20.8. The second-order valence-corrected chi connectivity index (χ2v) is 6.40. The molecule has 2 amide bonds. The summed E-state index contributed by atoms with van der Waals surface area (Å²) < 4.78 is 5.56. The Morgan fingerprint density at radius 2 is 1.60 bits per heavy atom. The molecule has 0 bridgehead atoms. The molecule has 150 valence electrons. The lowest BCUT2D eigenvalue weighted by molar-refractivity contribution is -0.121. The number of hydrazine groups is 1. The van der Waals surface area contributed by atoms with Gasteiger partial charge in [0.05, 0.1) is 5.69 Å². The summed E-state index contributed by atoms with van der Waals surface area (Å²) >= 11 is 0.